The van der Waals surface area contributed by atoms with Gasteiger partial charge in [-0.05, 0) is 39.0 Å². The van der Waals surface area contributed by atoms with E-state index in [9.17, 15) is 0 Å². The van der Waals surface area contributed by atoms with Crippen LogP contribution in [0.15, 0.2) is 24.3 Å². The van der Waals surface area contributed by atoms with Gasteiger partial charge in [0.2, 0.25) is 0 Å². The minimum absolute atomic E-state index is 0.165. The van der Waals surface area contributed by atoms with E-state index < -0.39 is 0 Å². The summed E-state index contributed by atoms with van der Waals surface area (Å²) in [4.78, 5) is 6.63. The molecule has 0 aliphatic heterocycles. The van der Waals surface area contributed by atoms with Gasteiger partial charge in [-0.3, -0.25) is 4.98 Å². The Labute approximate surface area is 108 Å². The van der Waals surface area contributed by atoms with Crippen molar-refractivity contribution >= 4 is 16.6 Å². The van der Waals surface area contributed by atoms with Crippen molar-refractivity contribution in [1.82, 2.24) is 4.98 Å². The van der Waals surface area contributed by atoms with Gasteiger partial charge in [-0.1, -0.05) is 0 Å². The van der Waals surface area contributed by atoms with E-state index >= 15 is 0 Å². The van der Waals surface area contributed by atoms with Crippen molar-refractivity contribution in [2.45, 2.75) is 26.9 Å². The number of aryl methyl sites for hydroxylation is 1. The van der Waals surface area contributed by atoms with Crippen molar-refractivity contribution in [3.8, 4) is 5.75 Å². The molecule has 1 aromatic carbocycles. The summed E-state index contributed by atoms with van der Waals surface area (Å²) in [5.74, 6) is 0.913. The van der Waals surface area contributed by atoms with Crippen LogP contribution in [0.2, 0.25) is 0 Å². The molecule has 3 nitrogen and oxygen atoms in total. The highest BCUT2D eigenvalue weighted by Gasteiger charge is 2.08. The third-order valence-electron chi connectivity index (χ3n) is 2.76. The van der Waals surface area contributed by atoms with Crippen LogP contribution >= 0.6 is 0 Å². The Bertz CT molecular complexity index is 562. The third kappa shape index (κ3) is 2.55. The molecule has 0 radical (unpaired) electrons. The van der Waals surface area contributed by atoms with Crippen LogP contribution in [0.4, 0.5) is 5.69 Å². The first-order valence-corrected chi connectivity index (χ1v) is 6.23. The zero-order valence-corrected chi connectivity index (χ0v) is 11.7. The van der Waals surface area contributed by atoms with E-state index in [4.69, 9.17) is 4.74 Å². The molecule has 0 N–H and O–H groups in total. The molecule has 0 amide bonds. The fourth-order valence-corrected chi connectivity index (χ4v) is 1.94. The Kier molecular flexibility index (Phi) is 3.41. The fourth-order valence-electron chi connectivity index (χ4n) is 1.94. The summed E-state index contributed by atoms with van der Waals surface area (Å²) in [7, 11) is 4.07. The molecule has 0 atom stereocenters. The summed E-state index contributed by atoms with van der Waals surface area (Å²) >= 11 is 0. The van der Waals surface area contributed by atoms with Gasteiger partial charge in [-0.25, -0.2) is 0 Å². The Morgan fingerprint density at radius 3 is 2.50 bits per heavy atom. The standard InChI is InChI=1S/C15H20N2O/c1-10(2)18-15-8-11(3)16-14-7-6-12(17(4)5)9-13(14)15/h6-10H,1-5H3. The molecule has 0 aliphatic carbocycles. The normalized spacial score (nSPS) is 11.0. The van der Waals surface area contributed by atoms with Crippen LogP contribution in [-0.4, -0.2) is 25.2 Å². The first kappa shape index (κ1) is 12.7. The Hall–Kier alpha value is -1.77. The third-order valence-corrected chi connectivity index (χ3v) is 2.76. The highest BCUT2D eigenvalue weighted by atomic mass is 16.5. The number of fused-ring (bicyclic) bond motifs is 1. The van der Waals surface area contributed by atoms with Crippen LogP contribution in [0.5, 0.6) is 5.75 Å². The number of aromatic nitrogens is 1. The molecule has 18 heavy (non-hydrogen) atoms. The summed E-state index contributed by atoms with van der Waals surface area (Å²) in [5.41, 5.74) is 3.12. The van der Waals surface area contributed by atoms with Gasteiger partial charge in [0, 0.05) is 36.9 Å². The molecule has 0 bridgehead atoms. The molecule has 2 aromatic rings. The van der Waals surface area contributed by atoms with Gasteiger partial charge in [-0.2, -0.15) is 0 Å². The maximum atomic E-state index is 5.88. The number of nitrogens with zero attached hydrogens (tertiary/aromatic N) is 2. The van der Waals surface area contributed by atoms with Crippen molar-refractivity contribution in [3.63, 3.8) is 0 Å². The average molecular weight is 244 g/mol. The predicted molar refractivity (Wildman–Crippen MR) is 76.6 cm³/mol. The smallest absolute Gasteiger partial charge is 0.130 e. The van der Waals surface area contributed by atoms with Crippen LogP contribution < -0.4 is 9.64 Å². The van der Waals surface area contributed by atoms with Crippen molar-refractivity contribution in [2.24, 2.45) is 0 Å². The topological polar surface area (TPSA) is 25.4 Å². The molecular weight excluding hydrogens is 224 g/mol. The van der Waals surface area contributed by atoms with Gasteiger partial charge in [0.15, 0.2) is 0 Å². The zero-order valence-electron chi connectivity index (χ0n) is 11.7. The van der Waals surface area contributed by atoms with Gasteiger partial charge >= 0.3 is 0 Å². The second kappa shape index (κ2) is 4.84. The van der Waals surface area contributed by atoms with Crippen LogP contribution in [-0.2, 0) is 0 Å². The maximum Gasteiger partial charge on any atom is 0.130 e. The monoisotopic (exact) mass is 244 g/mol. The molecule has 0 fully saturated rings. The Morgan fingerprint density at radius 1 is 1.17 bits per heavy atom. The highest BCUT2D eigenvalue weighted by Crippen LogP contribution is 2.29. The average Bonchev–Trinajstić information content (AvgIpc) is 2.27. The van der Waals surface area contributed by atoms with E-state index in [1.54, 1.807) is 0 Å². The Morgan fingerprint density at radius 2 is 1.89 bits per heavy atom. The molecule has 96 valence electrons. The van der Waals surface area contributed by atoms with E-state index in [1.165, 1.54) is 0 Å². The second-order valence-electron chi connectivity index (χ2n) is 5.02. The summed E-state index contributed by atoms with van der Waals surface area (Å²) in [6.45, 7) is 6.07. The molecule has 0 spiro atoms. The largest absolute Gasteiger partial charge is 0.490 e. The molecule has 0 aliphatic rings. The summed E-state index contributed by atoms with van der Waals surface area (Å²) in [6, 6.07) is 8.25. The van der Waals surface area contributed by atoms with Crippen molar-refractivity contribution in [2.75, 3.05) is 19.0 Å². The van der Waals surface area contributed by atoms with Crippen LogP contribution in [0.3, 0.4) is 0 Å². The number of hydrogen-bond acceptors (Lipinski definition) is 3. The van der Waals surface area contributed by atoms with E-state index in [2.05, 4.69) is 22.0 Å². The molecule has 3 heteroatoms. The molecule has 1 aromatic heterocycles. The number of ether oxygens (including phenoxy) is 1. The number of benzene rings is 1. The summed E-state index contributed by atoms with van der Waals surface area (Å²) in [6.07, 6.45) is 0.165. The second-order valence-corrected chi connectivity index (χ2v) is 5.02. The minimum Gasteiger partial charge on any atom is -0.490 e. The molecule has 0 saturated heterocycles. The fraction of sp³-hybridized carbons (Fsp3) is 0.400. The predicted octanol–water partition coefficient (Wildman–Crippen LogP) is 3.40. The van der Waals surface area contributed by atoms with Gasteiger partial charge in [-0.15, -0.1) is 0 Å². The SMILES string of the molecule is Cc1cc(OC(C)C)c2cc(N(C)C)ccc2n1. The molecule has 0 saturated carbocycles. The van der Waals surface area contributed by atoms with Crippen LogP contribution in [0.1, 0.15) is 19.5 Å². The first-order valence-electron chi connectivity index (χ1n) is 6.23. The van der Waals surface area contributed by atoms with E-state index in [0.29, 0.717) is 0 Å². The molecule has 1 heterocycles. The maximum absolute atomic E-state index is 5.88. The van der Waals surface area contributed by atoms with Crippen molar-refractivity contribution in [1.29, 1.82) is 0 Å². The molecular formula is C15H20N2O. The van der Waals surface area contributed by atoms with Crippen LogP contribution in [0, 0.1) is 6.92 Å². The lowest BCUT2D eigenvalue weighted by atomic mass is 10.1. The molecule has 0 unspecified atom stereocenters. The van der Waals surface area contributed by atoms with Gasteiger partial charge in [0.05, 0.1) is 11.6 Å². The summed E-state index contributed by atoms with van der Waals surface area (Å²) in [5, 5.41) is 1.07. The quantitative estimate of drug-likeness (QED) is 0.827. The van der Waals surface area contributed by atoms with Gasteiger partial charge in [0.25, 0.3) is 0 Å². The van der Waals surface area contributed by atoms with Gasteiger partial charge < -0.3 is 9.64 Å². The first-order chi connectivity index (χ1) is 8.47. The zero-order chi connectivity index (χ0) is 13.3. The van der Waals surface area contributed by atoms with Gasteiger partial charge in [0.1, 0.15) is 5.75 Å². The lowest BCUT2D eigenvalue weighted by molar-refractivity contribution is 0.245. The minimum atomic E-state index is 0.165. The molecule has 2 rings (SSSR count). The van der Waals surface area contributed by atoms with E-state index in [0.717, 1.165) is 28.0 Å². The van der Waals surface area contributed by atoms with Crippen molar-refractivity contribution < 1.29 is 4.74 Å². The number of pyridine rings is 1. The van der Waals surface area contributed by atoms with Crippen molar-refractivity contribution in [3.05, 3.63) is 30.0 Å². The number of rotatable bonds is 3. The lowest BCUT2D eigenvalue weighted by Crippen LogP contribution is -2.09. The lowest BCUT2D eigenvalue weighted by Gasteiger charge is -2.16. The van der Waals surface area contributed by atoms with Crippen LogP contribution in [0.25, 0.3) is 10.9 Å². The van der Waals surface area contributed by atoms with E-state index in [1.807, 2.05) is 47.0 Å². The number of anilines is 1. The Balaban J connectivity index is 2.62. The highest BCUT2D eigenvalue weighted by molar-refractivity contribution is 5.88. The summed E-state index contributed by atoms with van der Waals surface area (Å²) < 4.78 is 5.88. The number of hydrogen-bond donors (Lipinski definition) is 0. The van der Waals surface area contributed by atoms with E-state index in [-0.39, 0.29) is 6.10 Å².